The number of aliphatic hydroxyl groups is 1. The fraction of sp³-hybridized carbons (Fsp3) is 0.571. The van der Waals surface area contributed by atoms with Crippen molar-refractivity contribution < 1.29 is 15.0 Å². The van der Waals surface area contributed by atoms with Gasteiger partial charge in [-0.3, -0.25) is 9.78 Å². The van der Waals surface area contributed by atoms with Gasteiger partial charge in [0.2, 0.25) is 0 Å². The number of hydrogen-bond acceptors (Lipinski definition) is 4. The summed E-state index contributed by atoms with van der Waals surface area (Å²) in [6, 6.07) is 1.58. The van der Waals surface area contributed by atoms with Gasteiger partial charge >= 0.3 is 0 Å². The molecule has 0 unspecified atom stereocenters. The summed E-state index contributed by atoms with van der Waals surface area (Å²) in [7, 11) is 1.70. The summed E-state index contributed by atoms with van der Waals surface area (Å²) in [4.78, 5) is 17.8. The topological polar surface area (TPSA) is 73.7 Å². The van der Waals surface area contributed by atoms with E-state index < -0.39 is 0 Å². The number of hydrogen-bond donors (Lipinski definition) is 2. The van der Waals surface area contributed by atoms with Crippen LogP contribution in [0.4, 0.5) is 0 Å². The van der Waals surface area contributed by atoms with Gasteiger partial charge in [-0.15, -0.1) is 0 Å². The van der Waals surface area contributed by atoms with Gasteiger partial charge in [-0.25, -0.2) is 0 Å². The molecule has 0 aromatic carbocycles. The van der Waals surface area contributed by atoms with Gasteiger partial charge in [-0.05, 0) is 25.8 Å². The normalized spacial score (nSPS) is 16.8. The van der Waals surface area contributed by atoms with Crippen molar-refractivity contribution in [1.29, 1.82) is 0 Å². The van der Waals surface area contributed by atoms with Crippen molar-refractivity contribution in [1.82, 2.24) is 9.88 Å². The molecule has 1 aromatic heterocycles. The van der Waals surface area contributed by atoms with E-state index in [1.807, 2.05) is 0 Å². The molecule has 2 N–H and O–H groups in total. The summed E-state index contributed by atoms with van der Waals surface area (Å²) in [5.74, 6) is -0.336. The molecule has 0 saturated heterocycles. The number of aryl methyl sites for hydroxylation is 1. The number of pyridine rings is 1. The van der Waals surface area contributed by atoms with Crippen LogP contribution in [0.3, 0.4) is 0 Å². The molecule has 1 aliphatic rings. The fourth-order valence-corrected chi connectivity index (χ4v) is 2.55. The quantitative estimate of drug-likeness (QED) is 0.860. The maximum absolute atomic E-state index is 12.3. The predicted molar refractivity (Wildman–Crippen MR) is 71.0 cm³/mol. The second-order valence-corrected chi connectivity index (χ2v) is 5.52. The van der Waals surface area contributed by atoms with Crippen LogP contribution in [0.5, 0.6) is 5.75 Å². The zero-order valence-corrected chi connectivity index (χ0v) is 11.4. The Balaban J connectivity index is 2.12. The van der Waals surface area contributed by atoms with E-state index in [1.54, 1.807) is 24.9 Å². The van der Waals surface area contributed by atoms with Crippen LogP contribution in [0.1, 0.15) is 35.3 Å². The number of carbonyl (C=O) groups is 1. The van der Waals surface area contributed by atoms with Crippen molar-refractivity contribution in [3.63, 3.8) is 0 Å². The average Bonchev–Trinajstić information content (AvgIpc) is 2.35. The van der Waals surface area contributed by atoms with Gasteiger partial charge in [0, 0.05) is 24.7 Å². The fourth-order valence-electron chi connectivity index (χ4n) is 2.55. The Labute approximate surface area is 112 Å². The first-order chi connectivity index (χ1) is 8.97. The molecule has 0 aliphatic heterocycles. The summed E-state index contributed by atoms with van der Waals surface area (Å²) in [5, 5.41) is 19.2. The minimum Gasteiger partial charge on any atom is -0.505 e. The number of aromatic hydroxyl groups is 1. The van der Waals surface area contributed by atoms with E-state index in [9.17, 15) is 15.0 Å². The molecule has 2 rings (SSSR count). The molecule has 19 heavy (non-hydrogen) atoms. The number of aliphatic hydroxyl groups excluding tert-OH is 1. The Bertz CT molecular complexity index is 478. The lowest BCUT2D eigenvalue weighted by Gasteiger charge is -2.42. The third kappa shape index (κ3) is 2.71. The number of amides is 1. The van der Waals surface area contributed by atoms with E-state index in [1.165, 1.54) is 6.20 Å². The van der Waals surface area contributed by atoms with Crippen LogP contribution in [-0.2, 0) is 0 Å². The summed E-state index contributed by atoms with van der Waals surface area (Å²) in [6.07, 6.45) is 4.29. The highest BCUT2D eigenvalue weighted by Gasteiger charge is 2.38. The smallest absolute Gasteiger partial charge is 0.257 e. The number of nitrogens with zero attached hydrogens (tertiary/aromatic N) is 2. The highest BCUT2D eigenvalue weighted by Crippen LogP contribution is 2.41. The van der Waals surface area contributed by atoms with E-state index in [0.717, 1.165) is 19.3 Å². The Hall–Kier alpha value is -1.62. The maximum atomic E-state index is 12.3. The molecule has 104 valence electrons. The Morgan fingerprint density at radius 3 is 2.74 bits per heavy atom. The summed E-state index contributed by atoms with van der Waals surface area (Å²) in [5.41, 5.74) is 0.805. The van der Waals surface area contributed by atoms with Crippen LogP contribution in [0, 0.1) is 12.3 Å². The largest absolute Gasteiger partial charge is 0.505 e. The number of rotatable bonds is 4. The second kappa shape index (κ2) is 5.17. The van der Waals surface area contributed by atoms with Crippen molar-refractivity contribution in [3.8, 4) is 5.75 Å². The molecule has 0 atom stereocenters. The van der Waals surface area contributed by atoms with Crippen LogP contribution in [0.15, 0.2) is 12.3 Å². The van der Waals surface area contributed by atoms with Crippen LogP contribution in [0.2, 0.25) is 0 Å². The van der Waals surface area contributed by atoms with Crippen molar-refractivity contribution >= 4 is 5.91 Å². The van der Waals surface area contributed by atoms with Crippen LogP contribution < -0.4 is 0 Å². The average molecular weight is 264 g/mol. The van der Waals surface area contributed by atoms with Gasteiger partial charge < -0.3 is 15.1 Å². The van der Waals surface area contributed by atoms with Crippen molar-refractivity contribution in [2.24, 2.45) is 5.41 Å². The summed E-state index contributed by atoms with van der Waals surface area (Å²) >= 11 is 0. The molecular weight excluding hydrogens is 244 g/mol. The minimum absolute atomic E-state index is 0.103. The Morgan fingerprint density at radius 2 is 2.21 bits per heavy atom. The van der Waals surface area contributed by atoms with E-state index in [2.05, 4.69) is 4.98 Å². The van der Waals surface area contributed by atoms with Gasteiger partial charge in [0.1, 0.15) is 5.75 Å². The molecule has 5 nitrogen and oxygen atoms in total. The summed E-state index contributed by atoms with van der Waals surface area (Å²) < 4.78 is 0. The molecule has 0 bridgehead atoms. The molecule has 1 saturated carbocycles. The molecule has 5 heteroatoms. The Kier molecular flexibility index (Phi) is 3.75. The predicted octanol–water partition coefficient (Wildman–Crippen LogP) is 1.33. The van der Waals surface area contributed by atoms with Gasteiger partial charge in [0.25, 0.3) is 5.91 Å². The molecule has 1 aliphatic carbocycles. The van der Waals surface area contributed by atoms with E-state index >= 15 is 0 Å². The number of carbonyl (C=O) groups excluding carboxylic acids is 1. The first-order valence-electron chi connectivity index (χ1n) is 6.49. The minimum atomic E-state index is -0.234. The van der Waals surface area contributed by atoms with Crippen LogP contribution >= 0.6 is 0 Å². The van der Waals surface area contributed by atoms with Gasteiger partial charge in [-0.2, -0.15) is 0 Å². The molecule has 1 amide bonds. The van der Waals surface area contributed by atoms with Crippen molar-refractivity contribution in [3.05, 3.63) is 23.5 Å². The highest BCUT2D eigenvalue weighted by atomic mass is 16.3. The number of aromatic nitrogens is 1. The van der Waals surface area contributed by atoms with E-state index in [4.69, 9.17) is 0 Å². The van der Waals surface area contributed by atoms with Gasteiger partial charge in [0.15, 0.2) is 0 Å². The first kappa shape index (κ1) is 13.8. The monoisotopic (exact) mass is 264 g/mol. The van der Waals surface area contributed by atoms with Crippen LogP contribution in [-0.4, -0.2) is 46.2 Å². The molecule has 1 aromatic rings. The molecule has 1 fully saturated rings. The third-order valence-electron chi connectivity index (χ3n) is 3.92. The maximum Gasteiger partial charge on any atom is 0.257 e. The lowest BCUT2D eigenvalue weighted by molar-refractivity contribution is 0.0145. The summed E-state index contributed by atoms with van der Waals surface area (Å²) in [6.45, 7) is 2.40. The standard InChI is InChI=1S/C14H20N2O3/c1-10-6-11(12(18)7-15-10)13(19)16(2)8-14(9-17)4-3-5-14/h6-7,17-18H,3-5,8-9H2,1-2H3. The zero-order valence-electron chi connectivity index (χ0n) is 11.4. The van der Waals surface area contributed by atoms with E-state index in [0.29, 0.717) is 12.2 Å². The molecule has 1 heterocycles. The SMILES string of the molecule is Cc1cc(C(=O)N(C)CC2(CO)CCC2)c(O)cn1. The Morgan fingerprint density at radius 1 is 1.53 bits per heavy atom. The third-order valence-corrected chi connectivity index (χ3v) is 3.92. The van der Waals surface area contributed by atoms with Crippen molar-refractivity contribution in [2.75, 3.05) is 20.2 Å². The van der Waals surface area contributed by atoms with E-state index in [-0.39, 0.29) is 29.2 Å². The van der Waals surface area contributed by atoms with Gasteiger partial charge in [0.05, 0.1) is 18.4 Å². The van der Waals surface area contributed by atoms with Gasteiger partial charge in [-0.1, -0.05) is 6.42 Å². The molecule has 0 radical (unpaired) electrons. The zero-order chi connectivity index (χ0) is 14.0. The van der Waals surface area contributed by atoms with Crippen molar-refractivity contribution in [2.45, 2.75) is 26.2 Å². The highest BCUT2D eigenvalue weighted by molar-refractivity contribution is 5.96. The lowest BCUT2D eigenvalue weighted by atomic mass is 9.69. The lowest BCUT2D eigenvalue weighted by Crippen LogP contribution is -2.45. The van der Waals surface area contributed by atoms with Crippen LogP contribution in [0.25, 0.3) is 0 Å². The molecular formula is C14H20N2O3. The first-order valence-corrected chi connectivity index (χ1v) is 6.49. The molecule has 0 spiro atoms. The second-order valence-electron chi connectivity index (χ2n) is 5.52.